The lowest BCUT2D eigenvalue weighted by molar-refractivity contribution is 0.0258. The lowest BCUT2D eigenvalue weighted by atomic mass is 9.98. The van der Waals surface area contributed by atoms with Crippen LogP contribution < -0.4 is 0 Å². The van der Waals surface area contributed by atoms with E-state index in [1.807, 2.05) is 33.9 Å². The quantitative estimate of drug-likeness (QED) is 0.715. The summed E-state index contributed by atoms with van der Waals surface area (Å²) in [6.45, 7) is 6.95. The highest BCUT2D eigenvalue weighted by molar-refractivity contribution is 7.98. The van der Waals surface area contributed by atoms with Crippen molar-refractivity contribution in [2.24, 2.45) is 7.05 Å². The van der Waals surface area contributed by atoms with Gasteiger partial charge in [0.2, 0.25) is 0 Å². The summed E-state index contributed by atoms with van der Waals surface area (Å²) in [5.41, 5.74) is 3.14. The second kappa shape index (κ2) is 8.10. The monoisotopic (exact) mass is 408 g/mol. The highest BCUT2D eigenvalue weighted by atomic mass is 35.5. The Morgan fingerprint density at radius 3 is 2.70 bits per heavy atom. The Bertz CT molecular complexity index is 832. The van der Waals surface area contributed by atoms with Gasteiger partial charge in [-0.3, -0.25) is 0 Å². The van der Waals surface area contributed by atoms with E-state index in [1.165, 1.54) is 11.1 Å². The molecule has 1 aliphatic rings. The third-order valence-electron chi connectivity index (χ3n) is 4.44. The average molecular weight is 409 g/mol. The third kappa shape index (κ3) is 4.96. The molecule has 0 unspecified atom stereocenters. The van der Waals surface area contributed by atoms with Crippen LogP contribution in [0.3, 0.4) is 0 Å². The van der Waals surface area contributed by atoms with Crippen LogP contribution in [-0.2, 0) is 30.4 Å². The van der Waals surface area contributed by atoms with Crippen molar-refractivity contribution >= 4 is 29.5 Å². The molecule has 0 atom stereocenters. The van der Waals surface area contributed by atoms with E-state index in [1.54, 1.807) is 27.5 Å². The molecule has 8 heteroatoms. The predicted octanol–water partition coefficient (Wildman–Crippen LogP) is 4.10. The number of fused-ring (bicyclic) bond motifs is 1. The van der Waals surface area contributed by atoms with Crippen molar-refractivity contribution in [2.75, 3.05) is 13.1 Å². The first-order valence-electron chi connectivity index (χ1n) is 8.99. The molecule has 0 fully saturated rings. The minimum atomic E-state index is -0.488. The Balaban J connectivity index is 1.76. The molecule has 2 aromatic rings. The molecule has 1 aromatic heterocycles. The number of carbonyl (C=O) groups is 1. The Morgan fingerprint density at radius 2 is 2.04 bits per heavy atom. The number of amides is 1. The zero-order valence-corrected chi connectivity index (χ0v) is 17.7. The minimum absolute atomic E-state index is 0.252. The molecule has 0 bridgehead atoms. The highest BCUT2D eigenvalue weighted by Crippen LogP contribution is 2.32. The Morgan fingerprint density at radius 1 is 1.30 bits per heavy atom. The molecule has 3 rings (SSSR count). The van der Waals surface area contributed by atoms with E-state index in [0.717, 1.165) is 34.2 Å². The van der Waals surface area contributed by atoms with E-state index >= 15 is 0 Å². The summed E-state index contributed by atoms with van der Waals surface area (Å²) in [6, 6.07) is 4.04. The average Bonchev–Trinajstić information content (AvgIpc) is 2.86. The summed E-state index contributed by atoms with van der Waals surface area (Å²) < 4.78 is 7.29. The zero-order chi connectivity index (χ0) is 19.6. The number of aromatic nitrogens is 3. The number of ether oxygens (including phenoxy) is 1. The topological polar surface area (TPSA) is 60.2 Å². The van der Waals surface area contributed by atoms with Crippen molar-refractivity contribution in [3.63, 3.8) is 0 Å². The maximum absolute atomic E-state index is 12.4. The van der Waals surface area contributed by atoms with E-state index in [-0.39, 0.29) is 6.09 Å². The number of benzene rings is 1. The molecular formula is C19H25ClN4O2S. The summed E-state index contributed by atoms with van der Waals surface area (Å²) in [5, 5.41) is 9.64. The Labute approximate surface area is 169 Å². The number of hydrogen-bond donors (Lipinski definition) is 0. The van der Waals surface area contributed by atoms with Gasteiger partial charge in [-0.05, 0) is 56.4 Å². The molecule has 6 nitrogen and oxygen atoms in total. The van der Waals surface area contributed by atoms with Crippen molar-refractivity contribution < 1.29 is 9.53 Å². The summed E-state index contributed by atoms with van der Waals surface area (Å²) in [4.78, 5) is 14.2. The van der Waals surface area contributed by atoms with E-state index in [9.17, 15) is 4.79 Å². The number of halogens is 1. The van der Waals surface area contributed by atoms with Crippen LogP contribution in [-0.4, -0.2) is 44.7 Å². The highest BCUT2D eigenvalue weighted by Gasteiger charge is 2.25. The van der Waals surface area contributed by atoms with Crippen LogP contribution in [0.2, 0.25) is 5.02 Å². The molecule has 0 aliphatic carbocycles. The van der Waals surface area contributed by atoms with Crippen molar-refractivity contribution in [1.82, 2.24) is 19.9 Å². The van der Waals surface area contributed by atoms with Gasteiger partial charge in [0.25, 0.3) is 0 Å². The van der Waals surface area contributed by atoms with Gasteiger partial charge in [-0.2, -0.15) is 0 Å². The molecule has 1 aromatic carbocycles. The third-order valence-corrected chi connectivity index (χ3v) is 5.90. The molecule has 2 heterocycles. The summed E-state index contributed by atoms with van der Waals surface area (Å²) >= 11 is 8.19. The molecule has 146 valence electrons. The maximum Gasteiger partial charge on any atom is 0.410 e. The van der Waals surface area contributed by atoms with Crippen LogP contribution >= 0.6 is 23.4 Å². The van der Waals surface area contributed by atoms with E-state index in [4.69, 9.17) is 16.3 Å². The number of nitrogens with zero attached hydrogens (tertiary/aromatic N) is 4. The SMILES string of the molecule is Cn1nncc1SCc1c(Cl)ccc2c1CCN(C(=O)OC(C)(C)C)CC2. The molecule has 27 heavy (non-hydrogen) atoms. The maximum atomic E-state index is 12.4. The van der Waals surface area contributed by atoms with E-state index < -0.39 is 5.60 Å². The number of carbonyl (C=O) groups excluding carboxylic acids is 1. The Hall–Kier alpha value is -1.73. The normalized spacial score (nSPS) is 14.6. The van der Waals surface area contributed by atoms with Gasteiger partial charge in [-0.25, -0.2) is 9.48 Å². The number of rotatable bonds is 3. The molecular weight excluding hydrogens is 384 g/mol. The van der Waals surface area contributed by atoms with Crippen molar-refractivity contribution in [3.8, 4) is 0 Å². The van der Waals surface area contributed by atoms with Crippen molar-refractivity contribution in [2.45, 2.75) is 50.0 Å². The van der Waals surface area contributed by atoms with Crippen molar-refractivity contribution in [1.29, 1.82) is 0 Å². The van der Waals surface area contributed by atoms with Gasteiger partial charge < -0.3 is 9.64 Å². The lowest BCUT2D eigenvalue weighted by Gasteiger charge is -2.26. The second-order valence-electron chi connectivity index (χ2n) is 7.62. The summed E-state index contributed by atoms with van der Waals surface area (Å²) in [5.74, 6) is 0.746. The molecule has 0 saturated carbocycles. The Kier molecular flexibility index (Phi) is 6.01. The smallest absolute Gasteiger partial charge is 0.410 e. The molecule has 0 N–H and O–H groups in total. The van der Waals surface area contributed by atoms with Gasteiger partial charge in [0.1, 0.15) is 10.6 Å². The van der Waals surface area contributed by atoms with Gasteiger partial charge in [-0.1, -0.05) is 22.9 Å². The van der Waals surface area contributed by atoms with Crippen LogP contribution in [0.25, 0.3) is 0 Å². The van der Waals surface area contributed by atoms with E-state index in [0.29, 0.717) is 13.1 Å². The first kappa shape index (κ1) is 20.0. The number of aryl methyl sites for hydroxylation is 1. The van der Waals surface area contributed by atoms with Gasteiger partial charge in [0.15, 0.2) is 0 Å². The van der Waals surface area contributed by atoms with Crippen LogP contribution in [0.4, 0.5) is 4.79 Å². The first-order chi connectivity index (χ1) is 12.7. The van der Waals surface area contributed by atoms with Gasteiger partial charge in [-0.15, -0.1) is 16.9 Å². The zero-order valence-electron chi connectivity index (χ0n) is 16.2. The summed E-state index contributed by atoms with van der Waals surface area (Å²) in [6.07, 6.45) is 3.08. The number of hydrogen-bond acceptors (Lipinski definition) is 5. The fourth-order valence-corrected chi connectivity index (χ4v) is 4.38. The van der Waals surface area contributed by atoms with Gasteiger partial charge in [0, 0.05) is 30.9 Å². The fourth-order valence-electron chi connectivity index (χ4n) is 3.09. The van der Waals surface area contributed by atoms with E-state index in [2.05, 4.69) is 16.4 Å². The summed E-state index contributed by atoms with van der Waals surface area (Å²) in [7, 11) is 1.88. The van der Waals surface area contributed by atoms with Crippen LogP contribution in [0, 0.1) is 0 Å². The molecule has 1 aliphatic heterocycles. The minimum Gasteiger partial charge on any atom is -0.444 e. The molecule has 0 spiro atoms. The van der Waals surface area contributed by atoms with Gasteiger partial charge >= 0.3 is 6.09 Å². The van der Waals surface area contributed by atoms with Gasteiger partial charge in [0.05, 0.1) is 6.20 Å². The van der Waals surface area contributed by atoms with Crippen LogP contribution in [0.1, 0.15) is 37.5 Å². The molecule has 0 saturated heterocycles. The largest absolute Gasteiger partial charge is 0.444 e. The molecule has 1 amide bonds. The first-order valence-corrected chi connectivity index (χ1v) is 10.4. The fraction of sp³-hybridized carbons (Fsp3) is 0.526. The van der Waals surface area contributed by atoms with Crippen LogP contribution in [0.5, 0.6) is 0 Å². The predicted molar refractivity (Wildman–Crippen MR) is 107 cm³/mol. The van der Waals surface area contributed by atoms with Crippen molar-refractivity contribution in [3.05, 3.63) is 40.0 Å². The standard InChI is InChI=1S/C19H25ClN4O2S/c1-19(2,3)26-18(25)24-9-7-13-5-6-16(20)15(14(13)8-10-24)12-27-17-11-21-22-23(17)4/h5-6,11H,7-10,12H2,1-4H3. The molecule has 0 radical (unpaired) electrons. The van der Waals surface area contributed by atoms with Crippen LogP contribution in [0.15, 0.2) is 23.4 Å². The second-order valence-corrected chi connectivity index (χ2v) is 9.02. The number of thioether (sulfide) groups is 1. The lowest BCUT2D eigenvalue weighted by Crippen LogP contribution is -2.38.